The van der Waals surface area contributed by atoms with Crippen LogP contribution < -0.4 is 0 Å². The van der Waals surface area contributed by atoms with Crippen molar-refractivity contribution in [2.45, 2.75) is 0 Å². The molecule has 6 heteroatoms. The van der Waals surface area contributed by atoms with Crippen LogP contribution in [0.2, 0.25) is 0 Å². The molecule has 2 aromatic rings. The van der Waals surface area contributed by atoms with E-state index in [2.05, 4.69) is 19.8 Å². The molecule has 2 aromatic heterocycles. The third kappa shape index (κ3) is 1.12. The third-order valence-electron chi connectivity index (χ3n) is 1.58. The van der Waals surface area contributed by atoms with Crippen LogP contribution in [-0.4, -0.2) is 32.7 Å². The summed E-state index contributed by atoms with van der Waals surface area (Å²) in [4.78, 5) is 18.9. The highest BCUT2D eigenvalue weighted by Gasteiger charge is 2.13. The molecule has 0 fully saturated rings. The number of nitrogens with zero attached hydrogens (tertiary/aromatic N) is 4. The number of aromatic nitrogens is 4. The first kappa shape index (κ1) is 7.66. The number of ether oxygens (including phenoxy) is 1. The quantitative estimate of drug-likeness (QED) is 0.571. The van der Waals surface area contributed by atoms with Crippen molar-refractivity contribution < 1.29 is 9.53 Å². The molecular weight excluding hydrogens is 172 g/mol. The van der Waals surface area contributed by atoms with E-state index in [-0.39, 0.29) is 5.69 Å². The average molecular weight is 178 g/mol. The first-order valence-corrected chi connectivity index (χ1v) is 3.55. The van der Waals surface area contributed by atoms with Crippen LogP contribution in [0.3, 0.4) is 0 Å². The molecule has 2 heterocycles. The van der Waals surface area contributed by atoms with E-state index in [1.807, 2.05) is 0 Å². The largest absolute Gasteiger partial charge is 0.464 e. The SMILES string of the molecule is COC(=O)c1ncnn2ccnc12. The molecule has 0 aliphatic heterocycles. The first-order valence-electron chi connectivity index (χ1n) is 3.55. The maximum Gasteiger partial charge on any atom is 0.360 e. The molecule has 0 N–H and O–H groups in total. The molecule has 0 aliphatic carbocycles. The van der Waals surface area contributed by atoms with Crippen molar-refractivity contribution in [1.29, 1.82) is 0 Å². The van der Waals surface area contributed by atoms with Crippen LogP contribution in [0.1, 0.15) is 10.5 Å². The molecule has 0 amide bonds. The highest BCUT2D eigenvalue weighted by molar-refractivity contribution is 5.93. The topological polar surface area (TPSA) is 69.4 Å². The number of carbonyl (C=O) groups excluding carboxylic acids is 1. The van der Waals surface area contributed by atoms with Crippen molar-refractivity contribution >= 4 is 11.6 Å². The highest BCUT2D eigenvalue weighted by atomic mass is 16.5. The van der Waals surface area contributed by atoms with Crippen LogP contribution in [-0.2, 0) is 4.74 Å². The second kappa shape index (κ2) is 2.81. The van der Waals surface area contributed by atoms with Gasteiger partial charge in [-0.3, -0.25) is 0 Å². The lowest BCUT2D eigenvalue weighted by Crippen LogP contribution is -2.08. The zero-order valence-corrected chi connectivity index (χ0v) is 6.84. The molecule has 13 heavy (non-hydrogen) atoms. The molecule has 66 valence electrons. The number of rotatable bonds is 1. The zero-order valence-electron chi connectivity index (χ0n) is 6.84. The Labute approximate surface area is 73.2 Å². The molecule has 0 saturated heterocycles. The number of carbonyl (C=O) groups is 1. The average Bonchev–Trinajstić information content (AvgIpc) is 2.63. The van der Waals surface area contributed by atoms with Crippen LogP contribution in [0, 0.1) is 0 Å². The van der Waals surface area contributed by atoms with E-state index in [0.717, 1.165) is 0 Å². The van der Waals surface area contributed by atoms with Gasteiger partial charge in [-0.25, -0.2) is 19.3 Å². The molecule has 0 spiro atoms. The Balaban J connectivity index is 2.67. The van der Waals surface area contributed by atoms with Gasteiger partial charge in [-0.15, -0.1) is 0 Å². The van der Waals surface area contributed by atoms with Crippen LogP contribution in [0.4, 0.5) is 0 Å². The van der Waals surface area contributed by atoms with E-state index in [9.17, 15) is 4.79 Å². The second-order valence-electron chi connectivity index (χ2n) is 2.30. The van der Waals surface area contributed by atoms with Crippen molar-refractivity contribution in [3.63, 3.8) is 0 Å². The normalized spacial score (nSPS) is 10.2. The Hall–Kier alpha value is -1.98. The maximum atomic E-state index is 11.2. The fourth-order valence-corrected chi connectivity index (χ4v) is 0.997. The van der Waals surface area contributed by atoms with Gasteiger partial charge in [0.05, 0.1) is 7.11 Å². The lowest BCUT2D eigenvalue weighted by molar-refractivity contribution is 0.0595. The number of methoxy groups -OCH3 is 1. The summed E-state index contributed by atoms with van der Waals surface area (Å²) >= 11 is 0. The molecule has 0 aliphatic rings. The summed E-state index contributed by atoms with van der Waals surface area (Å²) < 4.78 is 5.99. The fourth-order valence-electron chi connectivity index (χ4n) is 0.997. The zero-order chi connectivity index (χ0) is 9.26. The minimum atomic E-state index is -0.515. The van der Waals surface area contributed by atoms with E-state index < -0.39 is 5.97 Å². The number of hydrogen-bond acceptors (Lipinski definition) is 5. The molecule has 2 rings (SSSR count). The van der Waals surface area contributed by atoms with Crippen LogP contribution in [0.15, 0.2) is 18.7 Å². The van der Waals surface area contributed by atoms with Gasteiger partial charge in [-0.05, 0) is 0 Å². The summed E-state index contributed by atoms with van der Waals surface area (Å²) in [6.45, 7) is 0. The Bertz CT molecular complexity index is 450. The lowest BCUT2D eigenvalue weighted by atomic mass is 10.4. The van der Waals surface area contributed by atoms with Gasteiger partial charge >= 0.3 is 5.97 Å². The molecule has 0 saturated carbocycles. The van der Waals surface area contributed by atoms with Crippen LogP contribution in [0.25, 0.3) is 5.65 Å². The van der Waals surface area contributed by atoms with E-state index >= 15 is 0 Å². The van der Waals surface area contributed by atoms with Gasteiger partial charge in [0, 0.05) is 12.4 Å². The smallest absolute Gasteiger partial charge is 0.360 e. The summed E-state index contributed by atoms with van der Waals surface area (Å²) in [6.07, 6.45) is 4.45. The highest BCUT2D eigenvalue weighted by Crippen LogP contribution is 2.03. The van der Waals surface area contributed by atoms with E-state index in [4.69, 9.17) is 0 Å². The molecule has 6 nitrogen and oxygen atoms in total. The molecule has 0 bridgehead atoms. The summed E-state index contributed by atoms with van der Waals surface area (Å²) in [6, 6.07) is 0. The Morgan fingerprint density at radius 3 is 3.15 bits per heavy atom. The first-order chi connectivity index (χ1) is 6.33. The number of imidazole rings is 1. The minimum absolute atomic E-state index is 0.169. The number of hydrogen-bond donors (Lipinski definition) is 0. The van der Waals surface area contributed by atoms with Crippen LogP contribution in [0.5, 0.6) is 0 Å². The summed E-state index contributed by atoms with van der Waals surface area (Å²) in [5.74, 6) is -0.515. The third-order valence-corrected chi connectivity index (χ3v) is 1.58. The van der Waals surface area contributed by atoms with Gasteiger partial charge in [-0.2, -0.15) is 5.10 Å². The maximum absolute atomic E-state index is 11.2. The number of fused-ring (bicyclic) bond motifs is 1. The summed E-state index contributed by atoms with van der Waals surface area (Å²) in [5, 5.41) is 3.85. The molecular formula is C7H6N4O2. The Morgan fingerprint density at radius 2 is 2.38 bits per heavy atom. The van der Waals surface area contributed by atoms with Crippen molar-refractivity contribution in [1.82, 2.24) is 19.6 Å². The van der Waals surface area contributed by atoms with E-state index in [0.29, 0.717) is 5.65 Å². The molecule has 0 atom stereocenters. The molecule has 0 unspecified atom stereocenters. The monoisotopic (exact) mass is 178 g/mol. The minimum Gasteiger partial charge on any atom is -0.464 e. The Morgan fingerprint density at radius 1 is 1.54 bits per heavy atom. The van der Waals surface area contributed by atoms with E-state index in [1.54, 1.807) is 6.20 Å². The fraction of sp³-hybridized carbons (Fsp3) is 0.143. The van der Waals surface area contributed by atoms with E-state index in [1.165, 1.54) is 24.1 Å². The van der Waals surface area contributed by atoms with Crippen molar-refractivity contribution in [2.75, 3.05) is 7.11 Å². The van der Waals surface area contributed by atoms with Crippen molar-refractivity contribution in [2.24, 2.45) is 0 Å². The van der Waals surface area contributed by atoms with Gasteiger partial charge < -0.3 is 4.74 Å². The van der Waals surface area contributed by atoms with Gasteiger partial charge in [0.25, 0.3) is 0 Å². The van der Waals surface area contributed by atoms with Crippen molar-refractivity contribution in [3.8, 4) is 0 Å². The van der Waals surface area contributed by atoms with Crippen molar-refractivity contribution in [3.05, 3.63) is 24.4 Å². The molecule has 0 aromatic carbocycles. The standard InChI is InChI=1S/C7H6N4O2/c1-13-7(12)5-6-8-2-3-11(6)10-4-9-5/h2-4H,1H3. The predicted octanol–water partition coefficient (Wildman–Crippen LogP) is -0.0891. The van der Waals surface area contributed by atoms with Crippen LogP contribution >= 0.6 is 0 Å². The van der Waals surface area contributed by atoms with Gasteiger partial charge in [0.2, 0.25) is 0 Å². The van der Waals surface area contributed by atoms with Gasteiger partial charge in [-0.1, -0.05) is 0 Å². The molecule has 0 radical (unpaired) electrons. The second-order valence-corrected chi connectivity index (χ2v) is 2.30. The van der Waals surface area contributed by atoms with Gasteiger partial charge in [0.15, 0.2) is 11.3 Å². The summed E-state index contributed by atoms with van der Waals surface area (Å²) in [7, 11) is 1.30. The summed E-state index contributed by atoms with van der Waals surface area (Å²) in [5.41, 5.74) is 0.567. The Kier molecular flexibility index (Phi) is 1.66. The predicted molar refractivity (Wildman–Crippen MR) is 42.1 cm³/mol. The lowest BCUT2D eigenvalue weighted by Gasteiger charge is -1.98. The van der Waals surface area contributed by atoms with Gasteiger partial charge in [0.1, 0.15) is 6.33 Å². The number of esters is 1.